The molecule has 1 aromatic heterocycles. The van der Waals surface area contributed by atoms with Crippen molar-refractivity contribution >= 4 is 17.5 Å². The summed E-state index contributed by atoms with van der Waals surface area (Å²) in [6, 6.07) is 6.97. The zero-order valence-corrected chi connectivity index (χ0v) is 11.8. The average Bonchev–Trinajstić information content (AvgIpc) is 3.07. The molecule has 0 bridgehead atoms. The van der Waals surface area contributed by atoms with E-state index >= 15 is 0 Å². The van der Waals surface area contributed by atoms with E-state index in [1.54, 1.807) is 18.2 Å². The third kappa shape index (κ3) is 2.40. The third-order valence-electron chi connectivity index (χ3n) is 3.40. The summed E-state index contributed by atoms with van der Waals surface area (Å²) >= 11 is 0. The smallest absolute Gasteiger partial charge is 0.277 e. The minimum absolute atomic E-state index is 0.158. The second-order valence-corrected chi connectivity index (χ2v) is 5.25. The zero-order valence-electron chi connectivity index (χ0n) is 11.8. The summed E-state index contributed by atoms with van der Waals surface area (Å²) in [7, 11) is 0. The summed E-state index contributed by atoms with van der Waals surface area (Å²) in [4.78, 5) is 24.0. The Bertz CT molecular complexity index is 719. The van der Waals surface area contributed by atoms with Gasteiger partial charge in [0.05, 0.1) is 11.3 Å². The van der Waals surface area contributed by atoms with Crippen molar-refractivity contribution in [2.24, 2.45) is 0 Å². The van der Waals surface area contributed by atoms with Gasteiger partial charge in [-0.15, -0.1) is 0 Å². The second-order valence-electron chi connectivity index (χ2n) is 5.25. The fraction of sp³-hybridized carbons (Fsp3) is 0.267. The van der Waals surface area contributed by atoms with E-state index in [1.807, 2.05) is 19.9 Å². The molecule has 21 heavy (non-hydrogen) atoms. The average molecular weight is 285 g/mol. The molecule has 6 nitrogen and oxygen atoms in total. The molecule has 0 unspecified atom stereocenters. The van der Waals surface area contributed by atoms with Crippen LogP contribution < -0.4 is 10.6 Å². The van der Waals surface area contributed by atoms with E-state index < -0.39 is 5.91 Å². The van der Waals surface area contributed by atoms with Gasteiger partial charge < -0.3 is 15.2 Å². The van der Waals surface area contributed by atoms with Crippen LogP contribution in [0.1, 0.15) is 51.9 Å². The number of nitrogens with one attached hydrogen (secondary N) is 2. The Kier molecular flexibility index (Phi) is 3.21. The molecule has 2 heterocycles. The highest BCUT2D eigenvalue weighted by atomic mass is 16.5. The minimum Gasteiger partial charge on any atom is -0.360 e. The normalized spacial score (nSPS) is 13.2. The molecule has 108 valence electrons. The second kappa shape index (κ2) is 5.05. The maximum Gasteiger partial charge on any atom is 0.277 e. The number of hydrogen-bond donors (Lipinski definition) is 2. The fourth-order valence-electron chi connectivity index (χ4n) is 2.24. The van der Waals surface area contributed by atoms with Crippen molar-refractivity contribution in [1.82, 2.24) is 10.5 Å². The molecule has 0 saturated heterocycles. The van der Waals surface area contributed by atoms with Crippen LogP contribution in [0.3, 0.4) is 0 Å². The van der Waals surface area contributed by atoms with Gasteiger partial charge in [-0.3, -0.25) is 9.59 Å². The van der Waals surface area contributed by atoms with Crippen molar-refractivity contribution in [3.63, 3.8) is 0 Å². The Morgan fingerprint density at radius 1 is 1.43 bits per heavy atom. The Hall–Kier alpha value is -2.63. The predicted molar refractivity (Wildman–Crippen MR) is 76.2 cm³/mol. The molecular formula is C15H15N3O3. The maximum atomic E-state index is 12.2. The van der Waals surface area contributed by atoms with Crippen LogP contribution in [-0.4, -0.2) is 17.0 Å². The molecule has 2 amide bonds. The van der Waals surface area contributed by atoms with Crippen molar-refractivity contribution in [1.29, 1.82) is 0 Å². The van der Waals surface area contributed by atoms with Gasteiger partial charge in [0.15, 0.2) is 5.69 Å². The number of amides is 2. The summed E-state index contributed by atoms with van der Waals surface area (Å²) in [5.41, 5.74) is 2.08. The van der Waals surface area contributed by atoms with Gasteiger partial charge in [0.25, 0.3) is 11.8 Å². The summed E-state index contributed by atoms with van der Waals surface area (Å²) < 4.78 is 5.11. The van der Waals surface area contributed by atoms with E-state index in [0.29, 0.717) is 23.6 Å². The Labute approximate surface area is 121 Å². The van der Waals surface area contributed by atoms with Crippen LogP contribution in [0.2, 0.25) is 0 Å². The molecule has 0 atom stereocenters. The Morgan fingerprint density at radius 3 is 2.95 bits per heavy atom. The van der Waals surface area contributed by atoms with E-state index in [4.69, 9.17) is 4.52 Å². The number of aromatic nitrogens is 1. The molecule has 1 aliphatic heterocycles. The standard InChI is InChI=1S/C15H15N3O3/c1-8(2)12-6-11(18-21-12)14(19)17-10-5-3-4-9-7-16-15(20)13(9)10/h3-6,8H,7H2,1-2H3,(H,16,20)(H,17,19). The van der Waals surface area contributed by atoms with Crippen LogP contribution >= 0.6 is 0 Å². The number of fused-ring (bicyclic) bond motifs is 1. The molecule has 1 aliphatic rings. The van der Waals surface area contributed by atoms with Crippen LogP contribution in [-0.2, 0) is 6.54 Å². The van der Waals surface area contributed by atoms with E-state index in [2.05, 4.69) is 15.8 Å². The van der Waals surface area contributed by atoms with Gasteiger partial charge in [0.1, 0.15) is 5.76 Å². The van der Waals surface area contributed by atoms with Crippen LogP contribution in [0, 0.1) is 0 Å². The lowest BCUT2D eigenvalue weighted by Crippen LogP contribution is -2.17. The highest BCUT2D eigenvalue weighted by Crippen LogP contribution is 2.25. The minimum atomic E-state index is -0.390. The third-order valence-corrected chi connectivity index (χ3v) is 3.40. The summed E-state index contributed by atoms with van der Waals surface area (Å²) in [6.07, 6.45) is 0. The molecule has 0 spiro atoms. The van der Waals surface area contributed by atoms with Crippen LogP contribution in [0.25, 0.3) is 0 Å². The SMILES string of the molecule is CC(C)c1cc(C(=O)Nc2cccc3c2C(=O)NC3)no1. The van der Waals surface area contributed by atoms with Crippen molar-refractivity contribution < 1.29 is 14.1 Å². The molecule has 0 fully saturated rings. The molecular weight excluding hydrogens is 270 g/mol. The first-order valence-corrected chi connectivity index (χ1v) is 6.74. The summed E-state index contributed by atoms with van der Waals surface area (Å²) in [5.74, 6) is 0.240. The number of hydrogen-bond acceptors (Lipinski definition) is 4. The summed E-state index contributed by atoms with van der Waals surface area (Å²) in [6.45, 7) is 4.40. The first-order chi connectivity index (χ1) is 10.1. The zero-order chi connectivity index (χ0) is 15.0. The van der Waals surface area contributed by atoms with Gasteiger partial charge >= 0.3 is 0 Å². The van der Waals surface area contributed by atoms with Crippen molar-refractivity contribution in [3.8, 4) is 0 Å². The lowest BCUT2D eigenvalue weighted by molar-refractivity contribution is 0.0966. The first-order valence-electron chi connectivity index (χ1n) is 6.74. The van der Waals surface area contributed by atoms with Gasteiger partial charge in [0, 0.05) is 18.5 Å². The molecule has 1 aromatic carbocycles. The fourth-order valence-corrected chi connectivity index (χ4v) is 2.24. The van der Waals surface area contributed by atoms with E-state index in [9.17, 15) is 9.59 Å². The van der Waals surface area contributed by atoms with Crippen LogP contribution in [0.4, 0.5) is 5.69 Å². The summed E-state index contributed by atoms with van der Waals surface area (Å²) in [5, 5.41) is 9.21. The van der Waals surface area contributed by atoms with Crippen LogP contribution in [0.15, 0.2) is 28.8 Å². The van der Waals surface area contributed by atoms with Gasteiger partial charge in [-0.05, 0) is 11.6 Å². The van der Waals surface area contributed by atoms with Crippen LogP contribution in [0.5, 0.6) is 0 Å². The lowest BCUT2D eigenvalue weighted by atomic mass is 10.1. The topological polar surface area (TPSA) is 84.2 Å². The molecule has 2 aromatic rings. The van der Waals surface area contributed by atoms with Gasteiger partial charge in [-0.1, -0.05) is 31.1 Å². The number of nitrogens with zero attached hydrogens (tertiary/aromatic N) is 1. The number of carbonyl (C=O) groups is 2. The van der Waals surface area contributed by atoms with Gasteiger partial charge in [0.2, 0.25) is 0 Å². The Morgan fingerprint density at radius 2 is 2.24 bits per heavy atom. The van der Waals surface area contributed by atoms with Crippen molar-refractivity contribution in [3.05, 3.63) is 46.8 Å². The van der Waals surface area contributed by atoms with E-state index in [1.165, 1.54) is 0 Å². The van der Waals surface area contributed by atoms with Crippen molar-refractivity contribution in [2.75, 3.05) is 5.32 Å². The first kappa shape index (κ1) is 13.4. The van der Waals surface area contributed by atoms with Gasteiger partial charge in [-0.25, -0.2) is 0 Å². The molecule has 0 saturated carbocycles. The molecule has 6 heteroatoms. The number of anilines is 1. The molecule has 3 rings (SSSR count). The highest BCUT2D eigenvalue weighted by molar-refractivity contribution is 6.09. The largest absolute Gasteiger partial charge is 0.360 e. The van der Waals surface area contributed by atoms with Gasteiger partial charge in [-0.2, -0.15) is 0 Å². The lowest BCUT2D eigenvalue weighted by Gasteiger charge is -2.06. The van der Waals surface area contributed by atoms with Crippen molar-refractivity contribution in [2.45, 2.75) is 26.3 Å². The Balaban J connectivity index is 1.85. The number of benzene rings is 1. The number of carbonyl (C=O) groups excluding carboxylic acids is 2. The quantitative estimate of drug-likeness (QED) is 0.906. The highest BCUT2D eigenvalue weighted by Gasteiger charge is 2.24. The molecule has 0 aliphatic carbocycles. The maximum absolute atomic E-state index is 12.2. The number of rotatable bonds is 3. The molecule has 2 N–H and O–H groups in total. The monoisotopic (exact) mass is 285 g/mol. The van der Waals surface area contributed by atoms with E-state index in [-0.39, 0.29) is 17.5 Å². The van der Waals surface area contributed by atoms with E-state index in [0.717, 1.165) is 5.56 Å². The molecule has 0 radical (unpaired) electrons. The predicted octanol–water partition coefficient (Wildman–Crippen LogP) is 2.29.